The normalized spacial score (nSPS) is 16.7. The first-order valence-electron chi connectivity index (χ1n) is 4.51. The predicted molar refractivity (Wildman–Crippen MR) is 45.8 cm³/mol. The molecule has 0 radical (unpaired) electrons. The SMILES string of the molecule is CCCC(O)CNCC(O)C(F)(F)F. The second kappa shape index (κ2) is 6.21. The van der Waals surface area contributed by atoms with Crippen LogP contribution >= 0.6 is 0 Å². The Labute approximate surface area is 80.9 Å². The zero-order valence-corrected chi connectivity index (χ0v) is 8.01. The number of aliphatic hydroxyl groups is 2. The van der Waals surface area contributed by atoms with Gasteiger partial charge in [-0.15, -0.1) is 0 Å². The molecule has 3 N–H and O–H groups in total. The molecule has 0 saturated carbocycles. The zero-order valence-electron chi connectivity index (χ0n) is 8.01. The standard InChI is InChI=1S/C8H16F3NO2/c1-2-3-6(13)4-12-5-7(14)8(9,10)11/h6-7,12-14H,2-5H2,1H3. The van der Waals surface area contributed by atoms with Crippen LogP contribution in [0.2, 0.25) is 0 Å². The molecule has 0 amide bonds. The Morgan fingerprint density at radius 2 is 1.79 bits per heavy atom. The van der Waals surface area contributed by atoms with Crippen LogP contribution < -0.4 is 5.32 Å². The first-order valence-corrected chi connectivity index (χ1v) is 4.51. The summed E-state index contributed by atoms with van der Waals surface area (Å²) in [5, 5.41) is 20.1. The Hall–Kier alpha value is -0.330. The summed E-state index contributed by atoms with van der Waals surface area (Å²) < 4.78 is 35.3. The van der Waals surface area contributed by atoms with E-state index >= 15 is 0 Å². The molecule has 0 aromatic heterocycles. The summed E-state index contributed by atoms with van der Waals surface area (Å²) in [5.74, 6) is 0. The molecule has 3 nitrogen and oxygen atoms in total. The number of hydrogen-bond donors (Lipinski definition) is 3. The third-order valence-electron chi connectivity index (χ3n) is 1.72. The van der Waals surface area contributed by atoms with Gasteiger partial charge in [0.2, 0.25) is 0 Å². The molecule has 0 aromatic carbocycles. The van der Waals surface area contributed by atoms with Crippen molar-refractivity contribution in [3.05, 3.63) is 0 Å². The molecule has 0 heterocycles. The lowest BCUT2D eigenvalue weighted by molar-refractivity contribution is -0.202. The van der Waals surface area contributed by atoms with E-state index in [0.29, 0.717) is 6.42 Å². The minimum absolute atomic E-state index is 0.0704. The van der Waals surface area contributed by atoms with E-state index in [4.69, 9.17) is 10.2 Å². The number of halogens is 3. The number of rotatable bonds is 6. The fraction of sp³-hybridized carbons (Fsp3) is 1.00. The molecule has 0 saturated heterocycles. The van der Waals surface area contributed by atoms with Crippen LogP contribution in [0.1, 0.15) is 19.8 Å². The second-order valence-corrected chi connectivity index (χ2v) is 3.16. The van der Waals surface area contributed by atoms with Gasteiger partial charge in [0.15, 0.2) is 6.10 Å². The van der Waals surface area contributed by atoms with Crippen LogP contribution in [-0.4, -0.2) is 41.7 Å². The fourth-order valence-corrected chi connectivity index (χ4v) is 0.938. The monoisotopic (exact) mass is 215 g/mol. The lowest BCUT2D eigenvalue weighted by Crippen LogP contribution is -2.40. The lowest BCUT2D eigenvalue weighted by Gasteiger charge is -2.16. The number of aliphatic hydroxyl groups excluding tert-OH is 2. The van der Waals surface area contributed by atoms with Crippen molar-refractivity contribution < 1.29 is 23.4 Å². The zero-order chi connectivity index (χ0) is 11.2. The van der Waals surface area contributed by atoms with Crippen LogP contribution in [0.3, 0.4) is 0 Å². The van der Waals surface area contributed by atoms with E-state index in [0.717, 1.165) is 6.42 Å². The van der Waals surface area contributed by atoms with Crippen LogP contribution in [0.4, 0.5) is 13.2 Å². The Morgan fingerprint density at radius 3 is 2.21 bits per heavy atom. The molecule has 14 heavy (non-hydrogen) atoms. The average molecular weight is 215 g/mol. The molecule has 6 heteroatoms. The first-order chi connectivity index (χ1) is 6.38. The van der Waals surface area contributed by atoms with Crippen molar-refractivity contribution in [2.24, 2.45) is 0 Å². The number of alkyl halides is 3. The summed E-state index contributed by atoms with van der Waals surface area (Å²) in [6.07, 6.45) is -6.31. The van der Waals surface area contributed by atoms with Crippen LogP contribution in [0.15, 0.2) is 0 Å². The van der Waals surface area contributed by atoms with Gasteiger partial charge in [0.1, 0.15) is 0 Å². The maximum atomic E-state index is 11.8. The predicted octanol–water partition coefficient (Wildman–Crippen LogP) is 0.660. The van der Waals surface area contributed by atoms with Crippen molar-refractivity contribution in [2.45, 2.75) is 38.1 Å². The van der Waals surface area contributed by atoms with E-state index < -0.39 is 24.9 Å². The molecule has 0 aromatic rings. The van der Waals surface area contributed by atoms with E-state index in [9.17, 15) is 13.2 Å². The van der Waals surface area contributed by atoms with Gasteiger partial charge in [-0.3, -0.25) is 0 Å². The summed E-state index contributed by atoms with van der Waals surface area (Å²) in [6, 6.07) is 0. The molecule has 2 unspecified atom stereocenters. The van der Waals surface area contributed by atoms with E-state index in [1.807, 2.05) is 6.92 Å². The van der Waals surface area contributed by atoms with E-state index in [1.54, 1.807) is 0 Å². The van der Waals surface area contributed by atoms with Crippen LogP contribution in [0, 0.1) is 0 Å². The van der Waals surface area contributed by atoms with Gasteiger partial charge in [0.05, 0.1) is 6.10 Å². The molecule has 0 aliphatic rings. The van der Waals surface area contributed by atoms with Gasteiger partial charge in [-0.25, -0.2) is 0 Å². The van der Waals surface area contributed by atoms with Crippen molar-refractivity contribution >= 4 is 0 Å². The van der Waals surface area contributed by atoms with E-state index in [1.165, 1.54) is 0 Å². The smallest absolute Gasteiger partial charge is 0.392 e. The maximum Gasteiger partial charge on any atom is 0.415 e. The number of nitrogens with one attached hydrogen (secondary N) is 1. The summed E-state index contributed by atoms with van der Waals surface area (Å²) in [6.45, 7) is 1.36. The maximum absolute atomic E-state index is 11.8. The number of hydrogen-bond acceptors (Lipinski definition) is 3. The molecular weight excluding hydrogens is 199 g/mol. The molecule has 0 aliphatic carbocycles. The summed E-state index contributed by atoms with van der Waals surface area (Å²) in [5.41, 5.74) is 0. The lowest BCUT2D eigenvalue weighted by atomic mass is 10.2. The van der Waals surface area contributed by atoms with Gasteiger partial charge in [0.25, 0.3) is 0 Å². The Morgan fingerprint density at radius 1 is 1.21 bits per heavy atom. The van der Waals surface area contributed by atoms with Crippen molar-refractivity contribution in [3.63, 3.8) is 0 Å². The third-order valence-corrected chi connectivity index (χ3v) is 1.72. The highest BCUT2D eigenvalue weighted by atomic mass is 19.4. The third kappa shape index (κ3) is 6.17. The Bertz CT molecular complexity index is 152. The Balaban J connectivity index is 3.54. The van der Waals surface area contributed by atoms with Crippen molar-refractivity contribution in [2.75, 3.05) is 13.1 Å². The van der Waals surface area contributed by atoms with Gasteiger partial charge < -0.3 is 15.5 Å². The molecule has 0 spiro atoms. The molecular formula is C8H16F3NO2. The minimum atomic E-state index is -4.59. The largest absolute Gasteiger partial charge is 0.415 e. The highest BCUT2D eigenvalue weighted by Crippen LogP contribution is 2.19. The molecule has 0 aliphatic heterocycles. The van der Waals surface area contributed by atoms with Gasteiger partial charge >= 0.3 is 6.18 Å². The molecule has 86 valence electrons. The van der Waals surface area contributed by atoms with Gasteiger partial charge in [-0.05, 0) is 6.42 Å². The summed E-state index contributed by atoms with van der Waals surface area (Å²) in [7, 11) is 0. The van der Waals surface area contributed by atoms with E-state index in [2.05, 4.69) is 5.32 Å². The van der Waals surface area contributed by atoms with Crippen LogP contribution in [0.5, 0.6) is 0 Å². The van der Waals surface area contributed by atoms with Gasteiger partial charge in [0, 0.05) is 13.1 Å². The highest BCUT2D eigenvalue weighted by Gasteiger charge is 2.37. The molecule has 0 fully saturated rings. The Kier molecular flexibility index (Phi) is 6.06. The van der Waals surface area contributed by atoms with Crippen LogP contribution in [-0.2, 0) is 0 Å². The average Bonchev–Trinajstić information content (AvgIpc) is 2.02. The summed E-state index contributed by atoms with van der Waals surface area (Å²) in [4.78, 5) is 0. The van der Waals surface area contributed by atoms with Crippen molar-refractivity contribution in [1.82, 2.24) is 5.32 Å². The van der Waals surface area contributed by atoms with Crippen molar-refractivity contribution in [1.29, 1.82) is 0 Å². The van der Waals surface area contributed by atoms with Gasteiger partial charge in [-0.2, -0.15) is 13.2 Å². The van der Waals surface area contributed by atoms with E-state index in [-0.39, 0.29) is 6.54 Å². The molecule has 2 atom stereocenters. The highest BCUT2D eigenvalue weighted by molar-refractivity contribution is 4.69. The summed E-state index contributed by atoms with van der Waals surface area (Å²) >= 11 is 0. The molecule has 0 bridgehead atoms. The molecule has 0 rings (SSSR count). The van der Waals surface area contributed by atoms with Crippen molar-refractivity contribution in [3.8, 4) is 0 Å². The van der Waals surface area contributed by atoms with Crippen LogP contribution in [0.25, 0.3) is 0 Å². The topological polar surface area (TPSA) is 52.5 Å². The second-order valence-electron chi connectivity index (χ2n) is 3.16. The minimum Gasteiger partial charge on any atom is -0.392 e. The first kappa shape index (κ1) is 13.7. The quantitative estimate of drug-likeness (QED) is 0.610. The fourth-order valence-electron chi connectivity index (χ4n) is 0.938. The van der Waals surface area contributed by atoms with Gasteiger partial charge in [-0.1, -0.05) is 13.3 Å².